The lowest BCUT2D eigenvalue weighted by Gasteiger charge is -2.39. The summed E-state index contributed by atoms with van der Waals surface area (Å²) in [5.41, 5.74) is 0. The Morgan fingerprint density at radius 3 is 1.28 bits per heavy atom. The van der Waals surface area contributed by atoms with Gasteiger partial charge in [0.05, 0.1) is 13.2 Å². The highest BCUT2D eigenvalue weighted by Gasteiger charge is 2.44. The summed E-state index contributed by atoms with van der Waals surface area (Å²) in [4.78, 5) is 25.1. The number of carbonyl (C=O) groups is 2. The van der Waals surface area contributed by atoms with E-state index < -0.39 is 49.4 Å². The fraction of sp³-hybridized carbons (Fsp3) is 0.953. The number of esters is 2. The van der Waals surface area contributed by atoms with Crippen molar-refractivity contribution in [2.75, 3.05) is 19.8 Å². The molecule has 0 saturated carbocycles. The molecule has 1 saturated heterocycles. The Morgan fingerprint density at radius 2 is 0.887 bits per heavy atom. The Bertz CT molecular complexity index is 840. The topological polar surface area (TPSA) is 152 Å². The van der Waals surface area contributed by atoms with Gasteiger partial charge in [-0.3, -0.25) is 9.59 Å². The number of hydrogen-bond acceptors (Lipinski definition) is 10. The van der Waals surface area contributed by atoms with Crippen LogP contribution < -0.4 is 0 Å². The maximum Gasteiger partial charge on any atom is 0.306 e. The molecule has 53 heavy (non-hydrogen) atoms. The average Bonchev–Trinajstić information content (AvgIpc) is 3.15. The summed E-state index contributed by atoms with van der Waals surface area (Å²) in [5.74, 6) is -0.801. The molecule has 1 aliphatic rings. The van der Waals surface area contributed by atoms with Gasteiger partial charge in [-0.05, 0) is 12.8 Å². The van der Waals surface area contributed by atoms with Crippen LogP contribution >= 0.6 is 0 Å². The number of unbranched alkanes of at least 4 members (excludes halogenated alkanes) is 26. The first-order valence-corrected chi connectivity index (χ1v) is 22.1. The molecule has 2 unspecified atom stereocenters. The van der Waals surface area contributed by atoms with Crippen molar-refractivity contribution in [3.8, 4) is 0 Å². The summed E-state index contributed by atoms with van der Waals surface area (Å²) in [6.07, 6.45) is 27.2. The highest BCUT2D eigenvalue weighted by molar-refractivity contribution is 5.70. The van der Waals surface area contributed by atoms with E-state index >= 15 is 0 Å². The minimum atomic E-state index is -1.59. The van der Waals surface area contributed by atoms with Gasteiger partial charge in [0, 0.05) is 12.8 Å². The predicted octanol–water partition coefficient (Wildman–Crippen LogP) is 9.00. The zero-order chi connectivity index (χ0) is 38.8. The fourth-order valence-electron chi connectivity index (χ4n) is 6.95. The van der Waals surface area contributed by atoms with Crippen molar-refractivity contribution < 1.29 is 49.0 Å². The van der Waals surface area contributed by atoms with Gasteiger partial charge >= 0.3 is 11.9 Å². The predicted molar refractivity (Wildman–Crippen MR) is 210 cm³/mol. The van der Waals surface area contributed by atoms with Crippen LogP contribution in [0.5, 0.6) is 0 Å². The fourth-order valence-corrected chi connectivity index (χ4v) is 6.95. The first-order chi connectivity index (χ1) is 25.8. The van der Waals surface area contributed by atoms with Gasteiger partial charge in [0.25, 0.3) is 0 Å². The van der Waals surface area contributed by atoms with Gasteiger partial charge in [-0.15, -0.1) is 0 Å². The summed E-state index contributed by atoms with van der Waals surface area (Å²) in [6.45, 7) is 3.39. The summed E-state index contributed by atoms with van der Waals surface area (Å²) < 4.78 is 22.0. The van der Waals surface area contributed by atoms with Crippen molar-refractivity contribution in [2.45, 2.75) is 243 Å². The summed E-state index contributed by atoms with van der Waals surface area (Å²) >= 11 is 0. The standard InChI is InChI=1S/C43H82O10/c1-3-5-7-9-11-12-13-14-15-16-17-18-19-20-21-22-23-24-26-27-29-31-38(45)50-34-36(52-39(46)32-30-28-25-10-8-6-4-2)35-51-43-42(49)41(48)40(47)37(33-44)53-43/h36-37,40-44,47-49H,3-35H2,1-2H3/t36-,37-,40+,41?,42?,43-/m0/s1. The number of rotatable bonds is 37. The molecule has 0 bridgehead atoms. The molecular formula is C43H82O10. The number of aliphatic hydroxyl groups is 4. The number of ether oxygens (including phenoxy) is 4. The van der Waals surface area contributed by atoms with Gasteiger partial charge in [-0.2, -0.15) is 0 Å². The third-order valence-corrected chi connectivity index (χ3v) is 10.5. The minimum Gasteiger partial charge on any atom is -0.462 e. The van der Waals surface area contributed by atoms with Gasteiger partial charge in [-0.1, -0.05) is 181 Å². The van der Waals surface area contributed by atoms with Crippen molar-refractivity contribution in [1.29, 1.82) is 0 Å². The molecule has 1 rings (SSSR count). The monoisotopic (exact) mass is 759 g/mol. The highest BCUT2D eigenvalue weighted by Crippen LogP contribution is 2.23. The highest BCUT2D eigenvalue weighted by atomic mass is 16.7. The number of carbonyl (C=O) groups excluding carboxylic acids is 2. The van der Waals surface area contributed by atoms with Crippen molar-refractivity contribution in [1.82, 2.24) is 0 Å². The van der Waals surface area contributed by atoms with E-state index in [9.17, 15) is 30.0 Å². The van der Waals surface area contributed by atoms with Gasteiger partial charge in [0.1, 0.15) is 31.0 Å². The maximum absolute atomic E-state index is 12.6. The molecule has 0 radical (unpaired) electrons. The molecule has 0 aromatic rings. The second-order valence-electron chi connectivity index (χ2n) is 15.5. The third-order valence-electron chi connectivity index (χ3n) is 10.5. The molecule has 1 aliphatic heterocycles. The number of hydrogen-bond donors (Lipinski definition) is 4. The first-order valence-electron chi connectivity index (χ1n) is 22.1. The van der Waals surface area contributed by atoms with E-state index in [0.29, 0.717) is 6.42 Å². The number of aliphatic hydroxyl groups excluding tert-OH is 4. The molecule has 0 aromatic heterocycles. The van der Waals surface area contributed by atoms with Gasteiger partial charge < -0.3 is 39.4 Å². The van der Waals surface area contributed by atoms with Gasteiger partial charge in [-0.25, -0.2) is 0 Å². The Labute approximate surface area is 323 Å². The van der Waals surface area contributed by atoms with Crippen LogP contribution in [0.3, 0.4) is 0 Å². The molecular weight excluding hydrogens is 676 g/mol. The van der Waals surface area contributed by atoms with E-state index in [-0.39, 0.29) is 32.0 Å². The molecule has 10 nitrogen and oxygen atoms in total. The largest absolute Gasteiger partial charge is 0.462 e. The van der Waals surface area contributed by atoms with Crippen LogP contribution in [0.15, 0.2) is 0 Å². The van der Waals surface area contributed by atoms with E-state index in [0.717, 1.165) is 38.5 Å². The Hall–Kier alpha value is -1.30. The minimum absolute atomic E-state index is 0.210. The van der Waals surface area contributed by atoms with Crippen molar-refractivity contribution in [2.24, 2.45) is 0 Å². The second kappa shape index (κ2) is 35.1. The normalized spacial score (nSPS) is 20.8. The molecule has 0 aliphatic carbocycles. The Kier molecular flexibility index (Phi) is 33.0. The molecule has 10 heteroatoms. The van der Waals surface area contributed by atoms with Crippen LogP contribution in [0.2, 0.25) is 0 Å². The van der Waals surface area contributed by atoms with E-state index in [4.69, 9.17) is 18.9 Å². The van der Waals surface area contributed by atoms with Crippen LogP contribution in [-0.4, -0.2) is 89.0 Å². The summed E-state index contributed by atoms with van der Waals surface area (Å²) in [7, 11) is 0. The van der Waals surface area contributed by atoms with Crippen LogP contribution in [0.1, 0.15) is 206 Å². The SMILES string of the molecule is CCCCCCCCCCCCCCCCCCCCCCCC(=O)OC[C@@H](CO[C@H]1O[C@@H](CO)[C@@H](O)C(O)C1O)OC(=O)CCCCCCCCC. The molecule has 1 heterocycles. The van der Waals surface area contributed by atoms with E-state index in [1.54, 1.807) is 0 Å². The van der Waals surface area contributed by atoms with Gasteiger partial charge in [0.15, 0.2) is 12.4 Å². The van der Waals surface area contributed by atoms with E-state index in [1.165, 1.54) is 135 Å². The van der Waals surface area contributed by atoms with Crippen molar-refractivity contribution in [3.05, 3.63) is 0 Å². The first kappa shape index (κ1) is 49.7. The van der Waals surface area contributed by atoms with E-state index in [2.05, 4.69) is 13.8 Å². The maximum atomic E-state index is 12.6. The Balaban J connectivity index is 2.19. The summed E-state index contributed by atoms with van der Waals surface area (Å²) in [6, 6.07) is 0. The summed E-state index contributed by atoms with van der Waals surface area (Å²) in [5, 5.41) is 39.9. The van der Waals surface area contributed by atoms with Crippen molar-refractivity contribution in [3.63, 3.8) is 0 Å². The lowest BCUT2D eigenvalue weighted by Crippen LogP contribution is -2.59. The Morgan fingerprint density at radius 1 is 0.509 bits per heavy atom. The van der Waals surface area contributed by atoms with Gasteiger partial charge in [0.2, 0.25) is 0 Å². The zero-order valence-corrected chi connectivity index (χ0v) is 34.0. The molecule has 0 spiro atoms. The average molecular weight is 759 g/mol. The molecule has 314 valence electrons. The van der Waals surface area contributed by atoms with Crippen LogP contribution in [0, 0.1) is 0 Å². The van der Waals surface area contributed by atoms with E-state index in [1.807, 2.05) is 0 Å². The molecule has 0 aromatic carbocycles. The van der Waals surface area contributed by atoms with Crippen LogP contribution in [0.4, 0.5) is 0 Å². The molecule has 6 atom stereocenters. The molecule has 4 N–H and O–H groups in total. The lowest BCUT2D eigenvalue weighted by atomic mass is 9.99. The molecule has 1 fully saturated rings. The van der Waals surface area contributed by atoms with Crippen LogP contribution in [0.25, 0.3) is 0 Å². The lowest BCUT2D eigenvalue weighted by molar-refractivity contribution is -0.305. The second-order valence-corrected chi connectivity index (χ2v) is 15.5. The van der Waals surface area contributed by atoms with Crippen molar-refractivity contribution >= 4 is 11.9 Å². The van der Waals surface area contributed by atoms with Crippen LogP contribution in [-0.2, 0) is 28.5 Å². The smallest absolute Gasteiger partial charge is 0.306 e. The third kappa shape index (κ3) is 27.0. The quantitative estimate of drug-likeness (QED) is 0.0357. The zero-order valence-electron chi connectivity index (χ0n) is 34.0. The molecule has 0 amide bonds.